The Morgan fingerprint density at radius 2 is 1.89 bits per heavy atom. The Morgan fingerprint density at radius 1 is 1.25 bits per heavy atom. The second kappa shape index (κ2) is 9.89. The number of anilines is 1. The van der Waals surface area contributed by atoms with Crippen LogP contribution in [-0.2, 0) is 32.7 Å². The molecule has 3 N–H and O–H groups in total. The summed E-state index contributed by atoms with van der Waals surface area (Å²) in [5, 5.41) is 12.7. The monoisotopic (exact) mass is 488 g/mol. The molecule has 4 radical (unpaired) electrons. The zero-order valence-corrected chi connectivity index (χ0v) is 18.3. The molecule has 0 amide bonds. The van der Waals surface area contributed by atoms with Gasteiger partial charge in [0.2, 0.25) is 5.69 Å². The molecule has 0 aliphatic carbocycles. The normalized spacial score (nSPS) is 9.61. The van der Waals surface area contributed by atoms with Crippen molar-refractivity contribution in [3.8, 4) is 23.3 Å². The van der Waals surface area contributed by atoms with Gasteiger partial charge < -0.3 is 10.5 Å². The van der Waals surface area contributed by atoms with Gasteiger partial charge >= 0.3 is 5.69 Å². The number of H-pyrrole nitrogens is 1. The molecule has 3 rings (SSSR count). The first-order valence-electron chi connectivity index (χ1n) is 6.97. The van der Waals surface area contributed by atoms with Crippen molar-refractivity contribution in [2.45, 2.75) is 0 Å². The third-order valence-corrected chi connectivity index (χ3v) is 3.75. The van der Waals surface area contributed by atoms with Crippen molar-refractivity contribution >= 4 is 37.3 Å². The third kappa shape index (κ3) is 5.03. The van der Waals surface area contributed by atoms with Crippen LogP contribution in [0.1, 0.15) is 5.69 Å². The van der Waals surface area contributed by atoms with Crippen LogP contribution in [-0.4, -0.2) is 23.2 Å². The molecular weight excluding hydrogens is 481 g/mol. The number of nitrogens with two attached hydrogens (primary N) is 1. The van der Waals surface area contributed by atoms with Crippen LogP contribution >= 0.6 is 23.2 Å². The first kappa shape index (κ1) is 23.9. The maximum atomic E-state index is 11.9. The molecule has 2 aromatic carbocycles. The molecule has 1 heterocycles. The first-order valence-corrected chi connectivity index (χ1v) is 7.73. The van der Waals surface area contributed by atoms with Gasteiger partial charge in [-0.3, -0.25) is 9.78 Å². The minimum atomic E-state index is -0.884. The molecule has 0 saturated heterocycles. The number of nitrogens with zero attached hydrogens (tertiary/aromatic N) is 3. The number of aromatic amines is 1. The van der Waals surface area contributed by atoms with Crippen molar-refractivity contribution in [2.24, 2.45) is 0 Å². The molecule has 28 heavy (non-hydrogen) atoms. The molecule has 0 aliphatic rings. The molecule has 1 aromatic heterocycles. The molecule has 0 aliphatic heterocycles. The topological polar surface area (TPSA) is 127 Å². The maximum Gasteiger partial charge on any atom is 0.349 e. The fraction of sp³-hybridized carbons (Fsp3) is 0. The van der Waals surface area contributed by atoms with Gasteiger partial charge in [-0.1, -0.05) is 28.9 Å². The van der Waals surface area contributed by atoms with Gasteiger partial charge in [-0.2, -0.15) is 16.0 Å². The molecule has 136 valence electrons. The second-order valence-corrected chi connectivity index (χ2v) is 5.77. The molecule has 0 spiro atoms. The van der Waals surface area contributed by atoms with Gasteiger partial charge in [0.25, 0.3) is 5.56 Å². The van der Waals surface area contributed by atoms with E-state index < -0.39 is 16.9 Å². The minimum absolute atomic E-state index is 0. The van der Waals surface area contributed by atoms with E-state index in [9.17, 15) is 9.59 Å². The summed E-state index contributed by atoms with van der Waals surface area (Å²) in [5.41, 5.74) is 3.95. The quantitative estimate of drug-likeness (QED) is 0.329. The van der Waals surface area contributed by atoms with E-state index in [2.05, 4.69) is 11.2 Å². The Labute approximate surface area is 195 Å². The van der Waals surface area contributed by atoms with Crippen LogP contribution in [0, 0.1) is 17.4 Å². The van der Waals surface area contributed by atoms with E-state index in [0.29, 0.717) is 11.4 Å². The SMILES string of the molecule is N#Cc1nn(-c2cc(Cl)c(Oc3c[c-]c(N)cc3)c(Cl)c2)c(=O)[nH]c1=O.[B].[Y]. The number of benzene rings is 2. The zero-order chi connectivity index (χ0) is 18.8. The summed E-state index contributed by atoms with van der Waals surface area (Å²) in [7, 11) is 0. The van der Waals surface area contributed by atoms with E-state index in [0.717, 1.165) is 4.68 Å². The molecule has 3 aromatic rings. The molecule has 0 atom stereocenters. The molecule has 0 bridgehead atoms. The minimum Gasteiger partial charge on any atom is -0.514 e. The van der Waals surface area contributed by atoms with Crippen LogP contribution in [0.25, 0.3) is 5.69 Å². The fourth-order valence-electron chi connectivity index (χ4n) is 2.02. The van der Waals surface area contributed by atoms with Crippen molar-refractivity contribution in [1.82, 2.24) is 14.8 Å². The van der Waals surface area contributed by atoms with Crippen LogP contribution in [0.4, 0.5) is 5.69 Å². The second-order valence-electron chi connectivity index (χ2n) is 4.95. The summed E-state index contributed by atoms with van der Waals surface area (Å²) in [6.07, 6.45) is 0. The van der Waals surface area contributed by atoms with E-state index in [4.69, 9.17) is 38.9 Å². The number of rotatable bonds is 3. The zero-order valence-electron chi connectivity index (χ0n) is 13.9. The summed E-state index contributed by atoms with van der Waals surface area (Å²) < 4.78 is 6.42. The Bertz CT molecular complexity index is 1140. The van der Waals surface area contributed by atoms with Gasteiger partial charge in [-0.15, -0.1) is 23.3 Å². The number of hydrogen-bond acceptors (Lipinski definition) is 6. The number of aromatic nitrogens is 3. The van der Waals surface area contributed by atoms with Crippen molar-refractivity contribution in [2.75, 3.05) is 5.73 Å². The van der Waals surface area contributed by atoms with Gasteiger partial charge in [0, 0.05) is 46.9 Å². The predicted octanol–water partition coefficient (Wildman–Crippen LogP) is 1.89. The number of hydrogen-bond donors (Lipinski definition) is 2. The van der Waals surface area contributed by atoms with E-state index in [-0.39, 0.29) is 62.6 Å². The molecule has 0 unspecified atom stereocenters. The Hall–Kier alpha value is -2.11. The molecular formula is C16H8BCl2N5O3Y-. The van der Waals surface area contributed by atoms with Crippen LogP contribution < -0.4 is 21.7 Å². The van der Waals surface area contributed by atoms with Crippen LogP contribution in [0.5, 0.6) is 11.5 Å². The van der Waals surface area contributed by atoms with E-state index in [1.165, 1.54) is 18.2 Å². The summed E-state index contributed by atoms with van der Waals surface area (Å²) in [5.74, 6) is 0.551. The van der Waals surface area contributed by atoms with Crippen LogP contribution in [0.2, 0.25) is 10.0 Å². The smallest absolute Gasteiger partial charge is 0.349 e. The van der Waals surface area contributed by atoms with Gasteiger partial charge in [-0.05, 0) is 12.1 Å². The van der Waals surface area contributed by atoms with E-state index in [1.807, 2.05) is 4.98 Å². The first-order chi connectivity index (χ1) is 12.4. The van der Waals surface area contributed by atoms with Crippen molar-refractivity contribution < 1.29 is 37.4 Å². The number of ether oxygens (including phenoxy) is 1. The van der Waals surface area contributed by atoms with Crippen LogP contribution in [0.3, 0.4) is 0 Å². The maximum absolute atomic E-state index is 11.9. The van der Waals surface area contributed by atoms with Gasteiger partial charge in [-0.25, -0.2) is 4.79 Å². The fourth-order valence-corrected chi connectivity index (χ4v) is 2.57. The third-order valence-electron chi connectivity index (χ3n) is 3.19. The Morgan fingerprint density at radius 3 is 2.43 bits per heavy atom. The Balaban J connectivity index is 0.00000196. The Kier molecular flexibility index (Phi) is 8.45. The van der Waals surface area contributed by atoms with Gasteiger partial charge in [0.05, 0.1) is 15.7 Å². The standard InChI is InChI=1S/C16H8Cl2N5O3.B.Y/c17-11-5-9(23-16(25)21-15(24)13(7-19)22-23)6-12(18)14(11)26-10-3-1-8(20)2-4-10;;/h1,3-6H,20H2,(H,21,24,25);;/q-1;;. The summed E-state index contributed by atoms with van der Waals surface area (Å²) in [6.45, 7) is 0. The molecule has 0 saturated carbocycles. The molecule has 0 fully saturated rings. The van der Waals surface area contributed by atoms with E-state index >= 15 is 0 Å². The number of halogens is 2. The van der Waals surface area contributed by atoms with Crippen LogP contribution in [0.15, 0.2) is 39.9 Å². The molecule has 8 nitrogen and oxygen atoms in total. The van der Waals surface area contributed by atoms with Gasteiger partial charge in [0.1, 0.15) is 11.8 Å². The predicted molar refractivity (Wildman–Crippen MR) is 101 cm³/mol. The average molecular weight is 489 g/mol. The van der Waals surface area contributed by atoms with E-state index in [1.54, 1.807) is 18.2 Å². The number of nitrogens with one attached hydrogen (secondary N) is 1. The summed E-state index contributed by atoms with van der Waals surface area (Å²) in [6, 6.07) is 11.8. The molecule has 12 heteroatoms. The average Bonchev–Trinajstić information content (AvgIpc) is 2.60. The largest absolute Gasteiger partial charge is 0.514 e. The summed E-state index contributed by atoms with van der Waals surface area (Å²) in [4.78, 5) is 25.4. The van der Waals surface area contributed by atoms with Gasteiger partial charge in [0.15, 0.2) is 0 Å². The summed E-state index contributed by atoms with van der Waals surface area (Å²) >= 11 is 12.4. The number of nitrogen functional groups attached to an aromatic ring is 1. The van der Waals surface area contributed by atoms with Crippen molar-refractivity contribution in [3.05, 3.63) is 73.0 Å². The van der Waals surface area contributed by atoms with Crippen molar-refractivity contribution in [3.63, 3.8) is 0 Å². The number of nitriles is 1. The van der Waals surface area contributed by atoms with Crippen molar-refractivity contribution in [1.29, 1.82) is 5.26 Å².